The average molecular weight is 294 g/mol. The molecule has 1 aromatic heterocycles. The van der Waals surface area contributed by atoms with E-state index < -0.39 is 0 Å². The quantitative estimate of drug-likeness (QED) is 0.574. The summed E-state index contributed by atoms with van der Waals surface area (Å²) in [7, 11) is 5.84. The summed E-state index contributed by atoms with van der Waals surface area (Å²) in [4.78, 5) is 10.0. The summed E-state index contributed by atoms with van der Waals surface area (Å²) in [5, 5.41) is 4.38. The molecule has 0 bridgehead atoms. The predicted molar refractivity (Wildman–Crippen MR) is 84.8 cm³/mol. The highest BCUT2D eigenvalue weighted by Crippen LogP contribution is 2.22. The molecule has 0 saturated carbocycles. The van der Waals surface area contributed by atoms with Crippen LogP contribution in [0.3, 0.4) is 0 Å². The second-order valence-corrected chi connectivity index (χ2v) is 5.91. The monoisotopic (exact) mass is 294 g/mol. The SMILES string of the molecule is COc1ccc2nc(SCCNCCN(C)C)[nH]c2c1. The van der Waals surface area contributed by atoms with Gasteiger partial charge in [-0.05, 0) is 26.2 Å². The summed E-state index contributed by atoms with van der Waals surface area (Å²) >= 11 is 1.73. The number of nitrogens with zero attached hydrogens (tertiary/aromatic N) is 2. The van der Waals surface area contributed by atoms with E-state index in [4.69, 9.17) is 4.74 Å². The highest BCUT2D eigenvalue weighted by atomic mass is 32.2. The van der Waals surface area contributed by atoms with Crippen molar-refractivity contribution in [3.63, 3.8) is 0 Å². The number of aromatic amines is 1. The van der Waals surface area contributed by atoms with Crippen LogP contribution in [0.25, 0.3) is 11.0 Å². The lowest BCUT2D eigenvalue weighted by molar-refractivity contribution is 0.403. The Labute approximate surface area is 124 Å². The lowest BCUT2D eigenvalue weighted by Crippen LogP contribution is -2.27. The highest BCUT2D eigenvalue weighted by molar-refractivity contribution is 7.99. The molecule has 2 rings (SSSR count). The predicted octanol–water partition coefficient (Wildman–Crippen LogP) is 1.81. The summed E-state index contributed by atoms with van der Waals surface area (Å²) < 4.78 is 5.21. The van der Waals surface area contributed by atoms with E-state index >= 15 is 0 Å². The summed E-state index contributed by atoms with van der Waals surface area (Å²) in [6, 6.07) is 5.88. The summed E-state index contributed by atoms with van der Waals surface area (Å²) in [5.41, 5.74) is 2.00. The van der Waals surface area contributed by atoms with E-state index in [1.807, 2.05) is 18.2 Å². The number of likely N-dealkylation sites (N-methyl/N-ethyl adjacent to an activating group) is 1. The van der Waals surface area contributed by atoms with Crippen LogP contribution in [0.4, 0.5) is 0 Å². The Morgan fingerprint density at radius 3 is 2.95 bits per heavy atom. The third-order valence-electron chi connectivity index (χ3n) is 2.92. The second-order valence-electron chi connectivity index (χ2n) is 4.83. The summed E-state index contributed by atoms with van der Waals surface area (Å²) in [6.07, 6.45) is 0. The van der Waals surface area contributed by atoms with E-state index in [1.54, 1.807) is 18.9 Å². The minimum Gasteiger partial charge on any atom is -0.497 e. The molecule has 0 radical (unpaired) electrons. The van der Waals surface area contributed by atoms with Crippen LogP contribution in [0.2, 0.25) is 0 Å². The first-order chi connectivity index (χ1) is 9.69. The van der Waals surface area contributed by atoms with Gasteiger partial charge in [-0.25, -0.2) is 4.98 Å². The zero-order valence-electron chi connectivity index (χ0n) is 12.3. The number of H-pyrrole nitrogens is 1. The summed E-state index contributed by atoms with van der Waals surface area (Å²) in [5.74, 6) is 1.85. The van der Waals surface area contributed by atoms with Crippen molar-refractivity contribution in [1.29, 1.82) is 0 Å². The molecule has 1 aromatic carbocycles. The van der Waals surface area contributed by atoms with E-state index in [0.29, 0.717) is 0 Å². The number of aromatic nitrogens is 2. The Hall–Kier alpha value is -1.24. The van der Waals surface area contributed by atoms with Crippen molar-refractivity contribution >= 4 is 22.8 Å². The second kappa shape index (κ2) is 7.52. The molecule has 1 heterocycles. The van der Waals surface area contributed by atoms with Crippen LogP contribution in [-0.4, -0.2) is 61.5 Å². The van der Waals surface area contributed by atoms with Gasteiger partial charge >= 0.3 is 0 Å². The standard InChI is InChI=1S/C14H22N4OS/c1-18(2)8-6-15-7-9-20-14-16-12-5-4-11(19-3)10-13(12)17-14/h4-5,10,15H,6-9H2,1-3H3,(H,16,17). The number of methoxy groups -OCH3 is 1. The molecule has 0 aliphatic heterocycles. The Kier molecular flexibility index (Phi) is 5.70. The molecule has 0 unspecified atom stereocenters. The third-order valence-corrected chi connectivity index (χ3v) is 3.80. The molecule has 0 aliphatic carbocycles. The average Bonchev–Trinajstić information content (AvgIpc) is 2.83. The Morgan fingerprint density at radius 2 is 2.20 bits per heavy atom. The molecule has 0 saturated heterocycles. The smallest absolute Gasteiger partial charge is 0.166 e. The highest BCUT2D eigenvalue weighted by Gasteiger charge is 2.04. The first-order valence-corrected chi connectivity index (χ1v) is 7.69. The fraction of sp³-hybridized carbons (Fsp3) is 0.500. The zero-order chi connectivity index (χ0) is 14.4. The number of ether oxygens (including phenoxy) is 1. The van der Waals surface area contributed by atoms with Gasteiger partial charge in [-0.3, -0.25) is 0 Å². The summed E-state index contributed by atoms with van der Waals surface area (Å²) in [6.45, 7) is 3.07. The van der Waals surface area contributed by atoms with Crippen LogP contribution < -0.4 is 10.1 Å². The van der Waals surface area contributed by atoms with Crippen LogP contribution in [0.15, 0.2) is 23.4 Å². The molecule has 0 spiro atoms. The zero-order valence-corrected chi connectivity index (χ0v) is 13.1. The fourth-order valence-corrected chi connectivity index (χ4v) is 2.59. The maximum Gasteiger partial charge on any atom is 0.166 e. The number of rotatable bonds is 8. The largest absolute Gasteiger partial charge is 0.497 e. The van der Waals surface area contributed by atoms with Gasteiger partial charge in [0.15, 0.2) is 5.16 Å². The van der Waals surface area contributed by atoms with E-state index in [-0.39, 0.29) is 0 Å². The van der Waals surface area contributed by atoms with Gasteiger partial charge in [-0.15, -0.1) is 0 Å². The molecular weight excluding hydrogens is 272 g/mol. The molecule has 0 aliphatic rings. The Bertz CT molecular complexity index is 541. The van der Waals surface area contributed by atoms with Gasteiger partial charge in [0.1, 0.15) is 5.75 Å². The molecular formula is C14H22N4OS. The lowest BCUT2D eigenvalue weighted by atomic mass is 10.3. The van der Waals surface area contributed by atoms with Crippen LogP contribution in [0, 0.1) is 0 Å². The van der Waals surface area contributed by atoms with Gasteiger partial charge in [-0.2, -0.15) is 0 Å². The van der Waals surface area contributed by atoms with Gasteiger partial charge in [0.05, 0.1) is 18.1 Å². The number of hydrogen-bond acceptors (Lipinski definition) is 5. The molecule has 6 heteroatoms. The molecule has 2 N–H and O–H groups in total. The van der Waals surface area contributed by atoms with E-state index in [9.17, 15) is 0 Å². The molecule has 0 amide bonds. The number of benzene rings is 1. The van der Waals surface area contributed by atoms with Crippen molar-refractivity contribution in [1.82, 2.24) is 20.2 Å². The normalized spacial score (nSPS) is 11.4. The maximum absolute atomic E-state index is 5.21. The van der Waals surface area contributed by atoms with Crippen molar-refractivity contribution in [3.8, 4) is 5.75 Å². The van der Waals surface area contributed by atoms with Crippen LogP contribution in [-0.2, 0) is 0 Å². The minimum atomic E-state index is 0.850. The molecule has 0 fully saturated rings. The van der Waals surface area contributed by atoms with Gasteiger partial charge < -0.3 is 19.9 Å². The number of hydrogen-bond donors (Lipinski definition) is 2. The Balaban J connectivity index is 1.78. The van der Waals surface area contributed by atoms with Gasteiger partial charge in [0.2, 0.25) is 0 Å². The van der Waals surface area contributed by atoms with Crippen LogP contribution >= 0.6 is 11.8 Å². The third kappa shape index (κ3) is 4.40. The number of thioether (sulfide) groups is 1. The molecule has 2 aromatic rings. The number of fused-ring (bicyclic) bond motifs is 1. The fourth-order valence-electron chi connectivity index (χ4n) is 1.81. The maximum atomic E-state index is 5.21. The van der Waals surface area contributed by atoms with E-state index in [2.05, 4.69) is 34.3 Å². The van der Waals surface area contributed by atoms with Crippen molar-refractivity contribution < 1.29 is 4.74 Å². The van der Waals surface area contributed by atoms with Crippen molar-refractivity contribution in [3.05, 3.63) is 18.2 Å². The first-order valence-electron chi connectivity index (χ1n) is 6.71. The number of nitrogens with one attached hydrogen (secondary N) is 2. The van der Waals surface area contributed by atoms with E-state index in [1.165, 1.54) is 0 Å². The van der Waals surface area contributed by atoms with Crippen LogP contribution in [0.1, 0.15) is 0 Å². The molecule has 20 heavy (non-hydrogen) atoms. The van der Waals surface area contributed by atoms with E-state index in [0.717, 1.165) is 47.3 Å². The molecule has 5 nitrogen and oxygen atoms in total. The lowest BCUT2D eigenvalue weighted by Gasteiger charge is -2.09. The Morgan fingerprint density at radius 1 is 1.35 bits per heavy atom. The number of imidazole rings is 1. The van der Waals surface area contributed by atoms with Crippen molar-refractivity contribution in [2.75, 3.05) is 46.6 Å². The van der Waals surface area contributed by atoms with Crippen molar-refractivity contribution in [2.24, 2.45) is 0 Å². The van der Waals surface area contributed by atoms with Crippen LogP contribution in [0.5, 0.6) is 5.75 Å². The van der Waals surface area contributed by atoms with Crippen molar-refractivity contribution in [2.45, 2.75) is 5.16 Å². The van der Waals surface area contributed by atoms with Gasteiger partial charge in [-0.1, -0.05) is 11.8 Å². The molecule has 110 valence electrons. The van der Waals surface area contributed by atoms with Gasteiger partial charge in [0, 0.05) is 31.5 Å². The van der Waals surface area contributed by atoms with Gasteiger partial charge in [0.25, 0.3) is 0 Å². The first kappa shape index (κ1) is 15.2. The minimum absolute atomic E-state index is 0.850. The topological polar surface area (TPSA) is 53.2 Å². The molecule has 0 atom stereocenters.